The summed E-state index contributed by atoms with van der Waals surface area (Å²) in [6.07, 6.45) is 3.56. The van der Waals surface area contributed by atoms with Crippen molar-refractivity contribution in [3.05, 3.63) is 47.3 Å². The van der Waals surface area contributed by atoms with Gasteiger partial charge in [0.1, 0.15) is 5.82 Å². The van der Waals surface area contributed by atoms with E-state index >= 15 is 0 Å². The maximum absolute atomic E-state index is 13.7. The van der Waals surface area contributed by atoms with Gasteiger partial charge in [-0.05, 0) is 43.2 Å². The van der Waals surface area contributed by atoms with E-state index in [-0.39, 0.29) is 11.7 Å². The molecule has 4 heteroatoms. The standard InChI is InChI=1S/C15H20FNO2/c16-13-4-2-1-3-12(13)11-7-5-10(6-8-11)9-14(17)15(18)19/h1-5,11,14-15,18-19H,6-9,17H2/t11-,14?/m0/s1. The summed E-state index contributed by atoms with van der Waals surface area (Å²) in [5.41, 5.74) is 7.52. The number of aliphatic hydroxyl groups excluding tert-OH is 1. The van der Waals surface area contributed by atoms with Crippen LogP contribution in [0.3, 0.4) is 0 Å². The molecule has 0 radical (unpaired) electrons. The Kier molecular flexibility index (Phi) is 4.69. The molecule has 1 aromatic rings. The molecule has 19 heavy (non-hydrogen) atoms. The van der Waals surface area contributed by atoms with E-state index in [1.54, 1.807) is 6.07 Å². The van der Waals surface area contributed by atoms with Crippen molar-refractivity contribution in [2.75, 3.05) is 0 Å². The summed E-state index contributed by atoms with van der Waals surface area (Å²) < 4.78 is 13.7. The molecule has 0 heterocycles. The Labute approximate surface area is 112 Å². The Morgan fingerprint density at radius 2 is 2.05 bits per heavy atom. The number of aliphatic hydroxyl groups is 2. The van der Waals surface area contributed by atoms with Gasteiger partial charge in [0.25, 0.3) is 0 Å². The van der Waals surface area contributed by atoms with Gasteiger partial charge in [-0.25, -0.2) is 4.39 Å². The van der Waals surface area contributed by atoms with Gasteiger partial charge in [-0.15, -0.1) is 0 Å². The lowest BCUT2D eigenvalue weighted by molar-refractivity contribution is -0.0579. The number of hydrogen-bond donors (Lipinski definition) is 3. The average Bonchev–Trinajstić information content (AvgIpc) is 2.40. The highest BCUT2D eigenvalue weighted by molar-refractivity contribution is 5.25. The minimum atomic E-state index is -1.48. The van der Waals surface area contributed by atoms with Crippen molar-refractivity contribution in [2.24, 2.45) is 5.73 Å². The van der Waals surface area contributed by atoms with Crippen molar-refractivity contribution in [2.45, 2.75) is 43.9 Å². The van der Waals surface area contributed by atoms with Crippen molar-refractivity contribution in [3.63, 3.8) is 0 Å². The molecule has 104 valence electrons. The Balaban J connectivity index is 1.98. The highest BCUT2D eigenvalue weighted by Gasteiger charge is 2.21. The zero-order chi connectivity index (χ0) is 13.8. The number of hydrogen-bond acceptors (Lipinski definition) is 3. The SMILES string of the molecule is NC(CC1=CC[C@H](c2ccccc2F)CC1)C(O)O. The van der Waals surface area contributed by atoms with Crippen molar-refractivity contribution < 1.29 is 14.6 Å². The summed E-state index contributed by atoms with van der Waals surface area (Å²) in [5.74, 6) is 0.0621. The molecule has 1 aromatic carbocycles. The molecule has 0 aromatic heterocycles. The fraction of sp³-hybridized carbons (Fsp3) is 0.467. The second kappa shape index (κ2) is 6.28. The van der Waals surface area contributed by atoms with Crippen molar-refractivity contribution >= 4 is 0 Å². The normalized spacial score (nSPS) is 21.3. The Morgan fingerprint density at radius 1 is 1.32 bits per heavy atom. The van der Waals surface area contributed by atoms with Crippen LogP contribution in [0.2, 0.25) is 0 Å². The molecular formula is C15H20FNO2. The summed E-state index contributed by atoms with van der Waals surface area (Å²) >= 11 is 0. The lowest BCUT2D eigenvalue weighted by Crippen LogP contribution is -2.34. The van der Waals surface area contributed by atoms with E-state index in [1.165, 1.54) is 6.07 Å². The van der Waals surface area contributed by atoms with E-state index in [1.807, 2.05) is 12.1 Å². The Hall–Kier alpha value is -1.23. The third-order valence-electron chi connectivity index (χ3n) is 3.73. The summed E-state index contributed by atoms with van der Waals surface area (Å²) in [6.45, 7) is 0. The zero-order valence-corrected chi connectivity index (χ0v) is 10.8. The molecule has 2 rings (SSSR count). The second-order valence-electron chi connectivity index (χ2n) is 5.14. The van der Waals surface area contributed by atoms with Crippen LogP contribution in [0.1, 0.15) is 37.2 Å². The van der Waals surface area contributed by atoms with Crippen molar-refractivity contribution in [1.29, 1.82) is 0 Å². The molecule has 3 nitrogen and oxygen atoms in total. The van der Waals surface area contributed by atoms with E-state index in [0.29, 0.717) is 6.42 Å². The lowest BCUT2D eigenvalue weighted by Gasteiger charge is -2.24. The predicted molar refractivity (Wildman–Crippen MR) is 71.9 cm³/mol. The van der Waals surface area contributed by atoms with E-state index in [9.17, 15) is 4.39 Å². The van der Waals surface area contributed by atoms with E-state index < -0.39 is 12.3 Å². The van der Waals surface area contributed by atoms with E-state index in [2.05, 4.69) is 6.08 Å². The van der Waals surface area contributed by atoms with E-state index in [0.717, 1.165) is 30.4 Å². The van der Waals surface area contributed by atoms with Crippen LogP contribution in [-0.4, -0.2) is 22.5 Å². The smallest absolute Gasteiger partial charge is 0.167 e. The quantitative estimate of drug-likeness (QED) is 0.576. The van der Waals surface area contributed by atoms with Crippen LogP contribution >= 0.6 is 0 Å². The summed E-state index contributed by atoms with van der Waals surface area (Å²) in [7, 11) is 0. The molecule has 1 unspecified atom stereocenters. The van der Waals surface area contributed by atoms with Crippen LogP contribution in [0.15, 0.2) is 35.9 Å². The monoisotopic (exact) mass is 265 g/mol. The molecule has 1 aliphatic carbocycles. The van der Waals surface area contributed by atoms with Gasteiger partial charge in [0.2, 0.25) is 0 Å². The molecule has 0 aliphatic heterocycles. The van der Waals surface area contributed by atoms with Crippen LogP contribution < -0.4 is 5.73 Å². The van der Waals surface area contributed by atoms with Gasteiger partial charge in [0.05, 0.1) is 6.04 Å². The summed E-state index contributed by atoms with van der Waals surface area (Å²) in [4.78, 5) is 0. The van der Waals surface area contributed by atoms with Crippen LogP contribution in [0.5, 0.6) is 0 Å². The van der Waals surface area contributed by atoms with Crippen LogP contribution in [0, 0.1) is 5.82 Å². The summed E-state index contributed by atoms with van der Waals surface area (Å²) in [5, 5.41) is 17.9. The third kappa shape index (κ3) is 3.62. The molecule has 0 fully saturated rings. The molecule has 0 amide bonds. The van der Waals surface area contributed by atoms with Crippen molar-refractivity contribution in [1.82, 2.24) is 0 Å². The fourth-order valence-corrected chi connectivity index (χ4v) is 2.57. The number of rotatable bonds is 4. The van der Waals surface area contributed by atoms with Crippen molar-refractivity contribution in [3.8, 4) is 0 Å². The van der Waals surface area contributed by atoms with Gasteiger partial charge in [-0.3, -0.25) is 0 Å². The maximum atomic E-state index is 13.7. The molecule has 1 aliphatic rings. The topological polar surface area (TPSA) is 66.5 Å². The van der Waals surface area contributed by atoms with Gasteiger partial charge in [-0.1, -0.05) is 29.8 Å². The average molecular weight is 265 g/mol. The molecule has 0 saturated carbocycles. The second-order valence-corrected chi connectivity index (χ2v) is 5.14. The minimum absolute atomic E-state index is 0.146. The largest absolute Gasteiger partial charge is 0.367 e. The number of allylic oxidation sites excluding steroid dienone is 1. The van der Waals surface area contributed by atoms with Gasteiger partial charge in [0.15, 0.2) is 6.29 Å². The number of halogens is 1. The molecule has 2 atom stereocenters. The van der Waals surface area contributed by atoms with Crippen LogP contribution in [-0.2, 0) is 0 Å². The predicted octanol–water partition coefficient (Wildman–Crippen LogP) is 2.05. The first kappa shape index (κ1) is 14.2. The fourth-order valence-electron chi connectivity index (χ4n) is 2.57. The molecule has 0 bridgehead atoms. The zero-order valence-electron chi connectivity index (χ0n) is 10.8. The van der Waals surface area contributed by atoms with Gasteiger partial charge < -0.3 is 15.9 Å². The Morgan fingerprint density at radius 3 is 2.63 bits per heavy atom. The number of benzene rings is 1. The Bertz CT molecular complexity index is 459. The third-order valence-corrected chi connectivity index (χ3v) is 3.73. The van der Waals surface area contributed by atoms with Gasteiger partial charge in [-0.2, -0.15) is 0 Å². The first-order valence-electron chi connectivity index (χ1n) is 6.62. The maximum Gasteiger partial charge on any atom is 0.167 e. The van der Waals surface area contributed by atoms with E-state index in [4.69, 9.17) is 15.9 Å². The molecule has 0 spiro atoms. The first-order chi connectivity index (χ1) is 9.08. The highest BCUT2D eigenvalue weighted by Crippen LogP contribution is 2.34. The van der Waals surface area contributed by atoms with Gasteiger partial charge in [0, 0.05) is 0 Å². The lowest BCUT2D eigenvalue weighted by atomic mass is 9.83. The summed E-state index contributed by atoms with van der Waals surface area (Å²) in [6, 6.07) is 6.24. The first-order valence-corrected chi connectivity index (χ1v) is 6.62. The minimum Gasteiger partial charge on any atom is -0.367 e. The highest BCUT2D eigenvalue weighted by atomic mass is 19.1. The number of nitrogens with two attached hydrogens (primary N) is 1. The van der Waals surface area contributed by atoms with Crippen LogP contribution in [0.4, 0.5) is 4.39 Å². The molecular weight excluding hydrogens is 245 g/mol. The molecule has 0 saturated heterocycles. The van der Waals surface area contributed by atoms with Crippen LogP contribution in [0.25, 0.3) is 0 Å². The molecule has 4 N–H and O–H groups in total. The van der Waals surface area contributed by atoms with Gasteiger partial charge >= 0.3 is 0 Å².